The van der Waals surface area contributed by atoms with Gasteiger partial charge >= 0.3 is 0 Å². The van der Waals surface area contributed by atoms with E-state index in [1.807, 2.05) is 32.9 Å². The number of aryl methyl sites for hydroxylation is 2. The standard InChI is InChI=1S/C15H20FN3/c1-4-11-9-12(5-2)19(18-11)15-13(10(3)17)7-6-8-14(15)16/h6-10H,4-5,17H2,1-3H3/t10-/m1/s1. The molecule has 2 N–H and O–H groups in total. The average molecular weight is 261 g/mol. The van der Waals surface area contributed by atoms with Gasteiger partial charge in [0.25, 0.3) is 0 Å². The maximum Gasteiger partial charge on any atom is 0.149 e. The summed E-state index contributed by atoms with van der Waals surface area (Å²) >= 11 is 0. The van der Waals surface area contributed by atoms with Crippen LogP contribution in [0.15, 0.2) is 24.3 Å². The molecule has 0 radical (unpaired) electrons. The Morgan fingerprint density at radius 1 is 1.32 bits per heavy atom. The zero-order valence-electron chi connectivity index (χ0n) is 11.7. The Labute approximate surface area is 113 Å². The molecule has 0 fully saturated rings. The predicted octanol–water partition coefficient (Wildman–Crippen LogP) is 3.16. The van der Waals surface area contributed by atoms with Gasteiger partial charge in [0.15, 0.2) is 0 Å². The molecule has 102 valence electrons. The second-order valence-electron chi connectivity index (χ2n) is 4.71. The van der Waals surface area contributed by atoms with Crippen molar-refractivity contribution in [3.05, 3.63) is 47.0 Å². The average Bonchev–Trinajstić information content (AvgIpc) is 2.81. The lowest BCUT2D eigenvalue weighted by Gasteiger charge is -2.15. The normalized spacial score (nSPS) is 12.7. The number of hydrogen-bond acceptors (Lipinski definition) is 2. The third-order valence-corrected chi connectivity index (χ3v) is 3.28. The quantitative estimate of drug-likeness (QED) is 0.918. The van der Waals surface area contributed by atoms with E-state index in [2.05, 4.69) is 5.10 Å². The molecular formula is C15H20FN3. The number of halogens is 1. The van der Waals surface area contributed by atoms with Crippen LogP contribution in [0, 0.1) is 5.82 Å². The highest BCUT2D eigenvalue weighted by molar-refractivity contribution is 5.45. The van der Waals surface area contributed by atoms with Gasteiger partial charge in [-0.15, -0.1) is 0 Å². The van der Waals surface area contributed by atoms with Crippen LogP contribution in [-0.2, 0) is 12.8 Å². The van der Waals surface area contributed by atoms with Crippen LogP contribution in [0.4, 0.5) is 4.39 Å². The number of benzene rings is 1. The largest absolute Gasteiger partial charge is 0.324 e. The molecule has 0 unspecified atom stereocenters. The van der Waals surface area contributed by atoms with Crippen LogP contribution in [0.2, 0.25) is 0 Å². The van der Waals surface area contributed by atoms with E-state index in [0.717, 1.165) is 29.8 Å². The third kappa shape index (κ3) is 2.54. The van der Waals surface area contributed by atoms with E-state index < -0.39 is 0 Å². The van der Waals surface area contributed by atoms with Gasteiger partial charge in [-0.25, -0.2) is 9.07 Å². The minimum absolute atomic E-state index is 0.232. The molecule has 0 amide bonds. The minimum Gasteiger partial charge on any atom is -0.324 e. The summed E-state index contributed by atoms with van der Waals surface area (Å²) in [7, 11) is 0. The van der Waals surface area contributed by atoms with E-state index in [9.17, 15) is 4.39 Å². The van der Waals surface area contributed by atoms with Crippen molar-refractivity contribution in [3.63, 3.8) is 0 Å². The Morgan fingerprint density at radius 3 is 2.63 bits per heavy atom. The van der Waals surface area contributed by atoms with Gasteiger partial charge in [-0.2, -0.15) is 5.10 Å². The van der Waals surface area contributed by atoms with Crippen LogP contribution in [0.1, 0.15) is 43.8 Å². The lowest BCUT2D eigenvalue weighted by molar-refractivity contribution is 0.597. The molecule has 1 atom stereocenters. The molecule has 1 heterocycles. The Balaban J connectivity index is 2.67. The van der Waals surface area contributed by atoms with E-state index in [1.54, 1.807) is 10.7 Å². The smallest absolute Gasteiger partial charge is 0.149 e. The summed E-state index contributed by atoms with van der Waals surface area (Å²) in [4.78, 5) is 0. The Morgan fingerprint density at radius 2 is 2.05 bits per heavy atom. The SMILES string of the molecule is CCc1cc(CC)n(-c2c(F)cccc2[C@@H](C)N)n1. The van der Waals surface area contributed by atoms with E-state index in [1.165, 1.54) is 6.07 Å². The maximum absolute atomic E-state index is 14.2. The molecule has 0 aliphatic rings. The summed E-state index contributed by atoms with van der Waals surface area (Å²) in [6.07, 6.45) is 1.64. The minimum atomic E-state index is -0.282. The van der Waals surface area contributed by atoms with Crippen molar-refractivity contribution in [1.29, 1.82) is 0 Å². The van der Waals surface area contributed by atoms with Gasteiger partial charge in [0.1, 0.15) is 11.5 Å². The molecule has 1 aromatic heterocycles. The molecule has 0 spiro atoms. The van der Waals surface area contributed by atoms with Crippen LogP contribution in [-0.4, -0.2) is 9.78 Å². The topological polar surface area (TPSA) is 43.8 Å². The number of rotatable bonds is 4. The Kier molecular flexibility index (Phi) is 4.00. The molecule has 19 heavy (non-hydrogen) atoms. The molecule has 0 saturated carbocycles. The molecule has 0 bridgehead atoms. The first-order valence-corrected chi connectivity index (χ1v) is 6.70. The van der Waals surface area contributed by atoms with E-state index in [4.69, 9.17) is 5.73 Å². The van der Waals surface area contributed by atoms with Gasteiger partial charge in [-0.3, -0.25) is 0 Å². The first kappa shape index (κ1) is 13.7. The molecule has 1 aromatic carbocycles. The summed E-state index contributed by atoms with van der Waals surface area (Å²) < 4.78 is 15.9. The van der Waals surface area contributed by atoms with Crippen LogP contribution < -0.4 is 5.73 Å². The Hall–Kier alpha value is -1.68. The lowest BCUT2D eigenvalue weighted by Crippen LogP contribution is -2.13. The fraction of sp³-hybridized carbons (Fsp3) is 0.400. The second kappa shape index (κ2) is 5.53. The van der Waals surface area contributed by atoms with Gasteiger partial charge in [0.05, 0.1) is 5.69 Å². The highest BCUT2D eigenvalue weighted by Crippen LogP contribution is 2.25. The number of aromatic nitrogens is 2. The highest BCUT2D eigenvalue weighted by Gasteiger charge is 2.17. The van der Waals surface area contributed by atoms with Crippen molar-refractivity contribution in [2.75, 3.05) is 0 Å². The predicted molar refractivity (Wildman–Crippen MR) is 74.9 cm³/mol. The fourth-order valence-electron chi connectivity index (χ4n) is 2.22. The van der Waals surface area contributed by atoms with Crippen molar-refractivity contribution in [2.45, 2.75) is 39.7 Å². The van der Waals surface area contributed by atoms with Gasteiger partial charge < -0.3 is 5.73 Å². The third-order valence-electron chi connectivity index (χ3n) is 3.28. The first-order chi connectivity index (χ1) is 9.08. The second-order valence-corrected chi connectivity index (χ2v) is 4.71. The van der Waals surface area contributed by atoms with Crippen LogP contribution in [0.5, 0.6) is 0 Å². The van der Waals surface area contributed by atoms with Gasteiger partial charge in [-0.1, -0.05) is 26.0 Å². The Bertz CT molecular complexity index is 573. The van der Waals surface area contributed by atoms with Crippen molar-refractivity contribution in [3.8, 4) is 5.69 Å². The van der Waals surface area contributed by atoms with Crippen molar-refractivity contribution < 1.29 is 4.39 Å². The maximum atomic E-state index is 14.2. The first-order valence-electron chi connectivity index (χ1n) is 6.70. The highest BCUT2D eigenvalue weighted by atomic mass is 19.1. The molecule has 3 nitrogen and oxygen atoms in total. The van der Waals surface area contributed by atoms with Crippen LogP contribution in [0.25, 0.3) is 5.69 Å². The molecule has 2 rings (SSSR count). The van der Waals surface area contributed by atoms with Crippen molar-refractivity contribution in [1.82, 2.24) is 9.78 Å². The monoisotopic (exact) mass is 261 g/mol. The number of nitrogens with zero attached hydrogens (tertiary/aromatic N) is 2. The summed E-state index contributed by atoms with van der Waals surface area (Å²) in [5.41, 5.74) is 9.17. The molecule has 0 aliphatic heterocycles. The number of para-hydroxylation sites is 1. The van der Waals surface area contributed by atoms with Gasteiger partial charge in [-0.05, 0) is 37.5 Å². The summed E-state index contributed by atoms with van der Waals surface area (Å²) in [5.74, 6) is -0.282. The molecule has 0 aliphatic carbocycles. The fourth-order valence-corrected chi connectivity index (χ4v) is 2.22. The molecule has 0 saturated heterocycles. The zero-order valence-corrected chi connectivity index (χ0v) is 11.7. The van der Waals surface area contributed by atoms with E-state index in [0.29, 0.717) is 5.69 Å². The summed E-state index contributed by atoms with van der Waals surface area (Å²) in [5, 5.41) is 4.49. The lowest BCUT2D eigenvalue weighted by atomic mass is 10.1. The number of hydrogen-bond donors (Lipinski definition) is 1. The van der Waals surface area contributed by atoms with E-state index >= 15 is 0 Å². The van der Waals surface area contributed by atoms with E-state index in [-0.39, 0.29) is 11.9 Å². The molecular weight excluding hydrogens is 241 g/mol. The zero-order chi connectivity index (χ0) is 14.0. The molecule has 4 heteroatoms. The van der Waals surface area contributed by atoms with Crippen LogP contribution in [0.3, 0.4) is 0 Å². The summed E-state index contributed by atoms with van der Waals surface area (Å²) in [6.45, 7) is 5.94. The molecule has 2 aromatic rings. The van der Waals surface area contributed by atoms with Crippen molar-refractivity contribution in [2.24, 2.45) is 5.73 Å². The summed E-state index contributed by atoms with van der Waals surface area (Å²) in [6, 6.07) is 6.79. The van der Waals surface area contributed by atoms with Crippen molar-refractivity contribution >= 4 is 0 Å². The number of nitrogens with two attached hydrogens (primary N) is 1. The van der Waals surface area contributed by atoms with Gasteiger partial charge in [0.2, 0.25) is 0 Å². The van der Waals surface area contributed by atoms with Crippen LogP contribution >= 0.6 is 0 Å². The van der Waals surface area contributed by atoms with Gasteiger partial charge in [0, 0.05) is 11.7 Å².